The van der Waals surface area contributed by atoms with E-state index >= 15 is 0 Å². The van der Waals surface area contributed by atoms with Crippen LogP contribution in [0.2, 0.25) is 0 Å². The van der Waals surface area contributed by atoms with Crippen LogP contribution in [0.25, 0.3) is 11.1 Å². The minimum atomic E-state index is -1.15. The fourth-order valence-corrected chi connectivity index (χ4v) is 5.91. The SMILES string of the molecule is CN1CCC2CN(C(=O)C(CC(=O)O)NC(=O)OCC3c4ccccc4-c4ccccc43)CC2C1. The van der Waals surface area contributed by atoms with Gasteiger partial charge in [-0.3, -0.25) is 9.59 Å². The van der Waals surface area contributed by atoms with Crippen LogP contribution in [-0.2, 0) is 14.3 Å². The molecule has 3 unspecified atom stereocenters. The molecule has 0 saturated carbocycles. The predicted octanol–water partition coefficient (Wildman–Crippen LogP) is 2.78. The van der Waals surface area contributed by atoms with E-state index in [0.717, 1.165) is 41.8 Å². The number of carboxylic acid groups (broad SMARTS) is 1. The van der Waals surface area contributed by atoms with Crippen LogP contribution in [0.3, 0.4) is 0 Å². The lowest BCUT2D eigenvalue weighted by Gasteiger charge is -2.31. The standard InChI is InChI=1S/C27H31N3O5/c1-29-11-10-17-14-30(15-18(17)13-29)26(33)24(12-25(31)32)28-27(34)35-16-23-21-8-4-2-6-19(21)20-7-3-5-9-22(20)23/h2-9,17-18,23-24H,10-16H2,1H3,(H,28,34)(H,31,32). The number of carboxylic acids is 1. The van der Waals surface area contributed by atoms with Gasteiger partial charge in [-0.05, 0) is 54.1 Å². The summed E-state index contributed by atoms with van der Waals surface area (Å²) >= 11 is 0. The molecule has 2 aromatic rings. The third kappa shape index (κ3) is 4.75. The Balaban J connectivity index is 1.24. The van der Waals surface area contributed by atoms with Crippen LogP contribution in [0, 0.1) is 11.8 Å². The summed E-state index contributed by atoms with van der Waals surface area (Å²) in [5.41, 5.74) is 4.42. The highest BCUT2D eigenvalue weighted by atomic mass is 16.5. The second kappa shape index (κ2) is 9.70. The van der Waals surface area contributed by atoms with Crippen LogP contribution < -0.4 is 5.32 Å². The first-order chi connectivity index (χ1) is 16.9. The van der Waals surface area contributed by atoms with E-state index in [2.05, 4.69) is 29.4 Å². The molecule has 2 aromatic carbocycles. The summed E-state index contributed by atoms with van der Waals surface area (Å²) < 4.78 is 5.55. The van der Waals surface area contributed by atoms with Crippen molar-refractivity contribution >= 4 is 18.0 Å². The minimum absolute atomic E-state index is 0.105. The second-order valence-electron chi connectivity index (χ2n) is 9.93. The fraction of sp³-hybridized carbons (Fsp3) is 0.444. The van der Waals surface area contributed by atoms with Crippen molar-refractivity contribution < 1.29 is 24.2 Å². The number of carbonyl (C=O) groups excluding carboxylic acids is 2. The van der Waals surface area contributed by atoms with Crippen molar-refractivity contribution in [2.75, 3.05) is 39.8 Å². The number of carbonyl (C=O) groups is 3. The molecule has 2 fully saturated rings. The summed E-state index contributed by atoms with van der Waals surface area (Å²) in [6.45, 7) is 3.24. The molecular weight excluding hydrogens is 446 g/mol. The summed E-state index contributed by atoms with van der Waals surface area (Å²) in [6.07, 6.45) is -0.230. The van der Waals surface area contributed by atoms with E-state index in [4.69, 9.17) is 4.74 Å². The van der Waals surface area contributed by atoms with E-state index in [1.54, 1.807) is 4.90 Å². The van der Waals surface area contributed by atoms with E-state index in [-0.39, 0.29) is 18.4 Å². The number of amides is 2. The predicted molar refractivity (Wildman–Crippen MR) is 130 cm³/mol. The number of piperidine rings is 1. The molecule has 8 nitrogen and oxygen atoms in total. The number of alkyl carbamates (subject to hydrolysis) is 1. The van der Waals surface area contributed by atoms with Crippen molar-refractivity contribution in [3.05, 3.63) is 59.7 Å². The van der Waals surface area contributed by atoms with Crippen molar-refractivity contribution in [3.8, 4) is 11.1 Å². The Morgan fingerprint density at radius 1 is 1.00 bits per heavy atom. The summed E-state index contributed by atoms with van der Waals surface area (Å²) in [6, 6.07) is 14.9. The smallest absolute Gasteiger partial charge is 0.407 e. The monoisotopic (exact) mass is 477 g/mol. The van der Waals surface area contributed by atoms with Crippen molar-refractivity contribution in [1.82, 2.24) is 15.1 Å². The lowest BCUT2D eigenvalue weighted by molar-refractivity contribution is -0.142. The summed E-state index contributed by atoms with van der Waals surface area (Å²) in [7, 11) is 2.08. The van der Waals surface area contributed by atoms with Gasteiger partial charge in [0.15, 0.2) is 0 Å². The number of likely N-dealkylation sites (tertiary alicyclic amines) is 2. The molecular formula is C27H31N3O5. The molecule has 0 bridgehead atoms. The average Bonchev–Trinajstić information content (AvgIpc) is 3.40. The van der Waals surface area contributed by atoms with E-state index in [9.17, 15) is 19.5 Å². The zero-order valence-corrected chi connectivity index (χ0v) is 19.9. The van der Waals surface area contributed by atoms with Gasteiger partial charge in [-0.25, -0.2) is 4.79 Å². The largest absolute Gasteiger partial charge is 0.481 e. The van der Waals surface area contributed by atoms with Crippen molar-refractivity contribution in [1.29, 1.82) is 0 Å². The highest BCUT2D eigenvalue weighted by molar-refractivity contribution is 5.89. The van der Waals surface area contributed by atoms with Gasteiger partial charge >= 0.3 is 12.1 Å². The highest BCUT2D eigenvalue weighted by Crippen LogP contribution is 2.44. The van der Waals surface area contributed by atoms with Crippen molar-refractivity contribution in [3.63, 3.8) is 0 Å². The van der Waals surface area contributed by atoms with Crippen LogP contribution in [0.15, 0.2) is 48.5 Å². The van der Waals surface area contributed by atoms with Gasteiger partial charge in [0.05, 0.1) is 6.42 Å². The van der Waals surface area contributed by atoms with Gasteiger partial charge in [0.1, 0.15) is 12.6 Å². The maximum Gasteiger partial charge on any atom is 0.407 e. The molecule has 2 heterocycles. The van der Waals surface area contributed by atoms with Crippen LogP contribution in [-0.4, -0.2) is 78.8 Å². The van der Waals surface area contributed by atoms with Crippen LogP contribution in [0.5, 0.6) is 0 Å². The number of nitrogens with zero attached hydrogens (tertiary/aromatic N) is 2. The van der Waals surface area contributed by atoms with E-state index in [0.29, 0.717) is 24.9 Å². The van der Waals surface area contributed by atoms with Crippen LogP contribution in [0.4, 0.5) is 4.79 Å². The number of ether oxygens (including phenoxy) is 1. The third-order valence-electron chi connectivity index (χ3n) is 7.63. The summed E-state index contributed by atoms with van der Waals surface area (Å²) in [5.74, 6) is -0.787. The molecule has 35 heavy (non-hydrogen) atoms. The van der Waals surface area contributed by atoms with Gasteiger partial charge in [0, 0.05) is 25.6 Å². The Kier molecular flexibility index (Phi) is 6.47. The Labute approximate surface area is 204 Å². The number of hydrogen-bond donors (Lipinski definition) is 2. The van der Waals surface area contributed by atoms with Crippen LogP contribution >= 0.6 is 0 Å². The first-order valence-electron chi connectivity index (χ1n) is 12.2. The molecule has 5 rings (SSSR count). The summed E-state index contributed by atoms with van der Waals surface area (Å²) in [4.78, 5) is 41.4. The molecule has 3 aliphatic rings. The number of benzene rings is 2. The van der Waals surface area contributed by atoms with Crippen LogP contribution in [0.1, 0.15) is 29.9 Å². The molecule has 3 atom stereocenters. The quantitative estimate of drug-likeness (QED) is 0.664. The number of rotatable bonds is 6. The molecule has 2 N–H and O–H groups in total. The lowest BCUT2D eigenvalue weighted by atomic mass is 9.89. The van der Waals surface area contributed by atoms with Gasteiger partial charge in [-0.1, -0.05) is 48.5 Å². The lowest BCUT2D eigenvalue weighted by Crippen LogP contribution is -2.49. The molecule has 0 aromatic heterocycles. The Morgan fingerprint density at radius 2 is 1.63 bits per heavy atom. The molecule has 1 aliphatic carbocycles. The maximum atomic E-state index is 13.2. The molecule has 0 radical (unpaired) electrons. The van der Waals surface area contributed by atoms with E-state index < -0.39 is 24.5 Å². The maximum absolute atomic E-state index is 13.2. The minimum Gasteiger partial charge on any atom is -0.481 e. The van der Waals surface area contributed by atoms with Gasteiger partial charge in [0.2, 0.25) is 5.91 Å². The molecule has 0 spiro atoms. The van der Waals surface area contributed by atoms with Gasteiger partial charge in [0.25, 0.3) is 0 Å². The third-order valence-corrected chi connectivity index (χ3v) is 7.63. The van der Waals surface area contributed by atoms with Crippen molar-refractivity contribution in [2.24, 2.45) is 11.8 Å². The second-order valence-corrected chi connectivity index (χ2v) is 9.93. The zero-order valence-electron chi connectivity index (χ0n) is 19.9. The normalized spacial score (nSPS) is 22.1. The first kappa shape index (κ1) is 23.4. The van der Waals surface area contributed by atoms with E-state index in [1.165, 1.54) is 0 Å². The fourth-order valence-electron chi connectivity index (χ4n) is 5.91. The first-order valence-corrected chi connectivity index (χ1v) is 12.2. The topological polar surface area (TPSA) is 99.2 Å². The zero-order chi connectivity index (χ0) is 24.5. The summed E-state index contributed by atoms with van der Waals surface area (Å²) in [5, 5.41) is 11.9. The van der Waals surface area contributed by atoms with Gasteiger partial charge < -0.3 is 25.0 Å². The van der Waals surface area contributed by atoms with Crippen molar-refractivity contribution in [2.45, 2.75) is 24.8 Å². The number of aliphatic carboxylic acids is 1. The van der Waals surface area contributed by atoms with Gasteiger partial charge in [-0.2, -0.15) is 0 Å². The molecule has 2 aliphatic heterocycles. The highest BCUT2D eigenvalue weighted by Gasteiger charge is 2.40. The Bertz CT molecular complexity index is 1090. The number of fused-ring (bicyclic) bond motifs is 4. The van der Waals surface area contributed by atoms with Gasteiger partial charge in [-0.15, -0.1) is 0 Å². The molecule has 184 valence electrons. The van der Waals surface area contributed by atoms with E-state index in [1.807, 2.05) is 36.4 Å². The molecule has 8 heteroatoms. The Morgan fingerprint density at radius 3 is 2.29 bits per heavy atom. The number of hydrogen-bond acceptors (Lipinski definition) is 5. The average molecular weight is 478 g/mol. The number of nitrogens with one attached hydrogen (secondary N) is 1. The molecule has 2 saturated heterocycles. The molecule has 2 amide bonds. The Hall–Kier alpha value is -3.39.